The molecule has 1 aromatic carbocycles. The van der Waals surface area contributed by atoms with Crippen molar-refractivity contribution in [3.05, 3.63) is 41.6 Å². The second kappa shape index (κ2) is 6.45. The molecule has 1 aliphatic carbocycles. The molecule has 3 N–H and O–H groups in total. The largest absolute Gasteiger partial charge is 0.396 e. The maximum Gasteiger partial charge on any atom is 0.255 e. The molecule has 0 aliphatic heterocycles. The molecular formula is C16H17F2N3O2. The van der Waals surface area contributed by atoms with Gasteiger partial charge < -0.3 is 10.4 Å². The first-order valence-corrected chi connectivity index (χ1v) is 7.51. The number of hydrogen-bond donors (Lipinski definition) is 3. The van der Waals surface area contributed by atoms with Gasteiger partial charge in [-0.25, -0.2) is 8.78 Å². The minimum absolute atomic E-state index is 0.0108. The third-order valence-electron chi connectivity index (χ3n) is 4.04. The van der Waals surface area contributed by atoms with Crippen LogP contribution in [-0.4, -0.2) is 33.9 Å². The quantitative estimate of drug-likeness (QED) is 0.763. The molecular weight excluding hydrogens is 304 g/mol. The van der Waals surface area contributed by atoms with Gasteiger partial charge in [-0.15, -0.1) is 0 Å². The molecule has 1 atom stereocenters. The van der Waals surface area contributed by atoms with Crippen LogP contribution in [0.5, 0.6) is 0 Å². The lowest BCUT2D eigenvalue weighted by molar-refractivity contribution is 0.0925. The number of halogens is 2. The molecule has 0 radical (unpaired) electrons. The second-order valence-corrected chi connectivity index (χ2v) is 5.69. The van der Waals surface area contributed by atoms with E-state index in [0.29, 0.717) is 12.3 Å². The van der Waals surface area contributed by atoms with E-state index in [4.69, 9.17) is 5.11 Å². The van der Waals surface area contributed by atoms with Gasteiger partial charge in [-0.2, -0.15) is 5.10 Å². The van der Waals surface area contributed by atoms with Crippen LogP contribution >= 0.6 is 0 Å². The Morgan fingerprint density at radius 2 is 2.09 bits per heavy atom. The third kappa shape index (κ3) is 3.24. The number of benzene rings is 1. The predicted molar refractivity (Wildman–Crippen MR) is 79.6 cm³/mol. The number of carbonyl (C=O) groups is 1. The zero-order valence-electron chi connectivity index (χ0n) is 12.4. The molecule has 0 spiro atoms. The van der Waals surface area contributed by atoms with E-state index in [1.807, 2.05) is 0 Å². The number of rotatable bonds is 6. The Hall–Kier alpha value is -2.28. The summed E-state index contributed by atoms with van der Waals surface area (Å²) in [7, 11) is 0. The second-order valence-electron chi connectivity index (χ2n) is 5.69. The van der Waals surface area contributed by atoms with Crippen molar-refractivity contribution >= 4 is 5.91 Å². The average Bonchev–Trinajstić information content (AvgIpc) is 3.25. The molecule has 5 nitrogen and oxygen atoms in total. The summed E-state index contributed by atoms with van der Waals surface area (Å²) < 4.78 is 27.9. The van der Waals surface area contributed by atoms with Crippen molar-refractivity contribution in [1.29, 1.82) is 0 Å². The monoisotopic (exact) mass is 321 g/mol. The first-order chi connectivity index (χ1) is 11.1. The van der Waals surface area contributed by atoms with E-state index in [1.54, 1.807) is 0 Å². The zero-order valence-corrected chi connectivity index (χ0v) is 12.4. The SMILES string of the molecule is O=C(NC(CCO)C1CC1)c1cn[nH]c1-c1c(F)cccc1F. The van der Waals surface area contributed by atoms with Gasteiger partial charge in [-0.1, -0.05) is 6.07 Å². The summed E-state index contributed by atoms with van der Waals surface area (Å²) in [5.74, 6) is -1.64. The van der Waals surface area contributed by atoms with E-state index in [1.165, 1.54) is 12.3 Å². The van der Waals surface area contributed by atoms with E-state index in [0.717, 1.165) is 25.0 Å². The third-order valence-corrected chi connectivity index (χ3v) is 4.04. The summed E-state index contributed by atoms with van der Waals surface area (Å²) in [5, 5.41) is 18.2. The van der Waals surface area contributed by atoms with Gasteiger partial charge in [0.1, 0.15) is 11.6 Å². The average molecular weight is 321 g/mol. The molecule has 1 amide bonds. The molecule has 2 aromatic rings. The number of hydrogen-bond acceptors (Lipinski definition) is 3. The minimum atomic E-state index is -0.766. The van der Waals surface area contributed by atoms with Crippen molar-refractivity contribution in [3.8, 4) is 11.3 Å². The van der Waals surface area contributed by atoms with Crippen LogP contribution in [0.15, 0.2) is 24.4 Å². The van der Waals surface area contributed by atoms with E-state index >= 15 is 0 Å². The topological polar surface area (TPSA) is 78.0 Å². The van der Waals surface area contributed by atoms with Crippen LogP contribution in [-0.2, 0) is 0 Å². The first-order valence-electron chi connectivity index (χ1n) is 7.51. The van der Waals surface area contributed by atoms with Gasteiger partial charge in [0, 0.05) is 12.6 Å². The van der Waals surface area contributed by atoms with E-state index in [9.17, 15) is 13.6 Å². The predicted octanol–water partition coefficient (Wildman–Crippen LogP) is 2.25. The van der Waals surface area contributed by atoms with Crippen molar-refractivity contribution < 1.29 is 18.7 Å². The van der Waals surface area contributed by atoms with E-state index < -0.39 is 17.5 Å². The van der Waals surface area contributed by atoms with Crippen LogP contribution in [0.2, 0.25) is 0 Å². The zero-order chi connectivity index (χ0) is 16.4. The van der Waals surface area contributed by atoms with Crippen molar-refractivity contribution in [3.63, 3.8) is 0 Å². The molecule has 7 heteroatoms. The lowest BCUT2D eigenvalue weighted by Gasteiger charge is -2.17. The van der Waals surface area contributed by atoms with Crippen LogP contribution in [0.4, 0.5) is 8.78 Å². The normalized spacial score (nSPS) is 15.4. The summed E-state index contributed by atoms with van der Waals surface area (Å²) in [6, 6.07) is 3.37. The first kappa shape index (κ1) is 15.6. The van der Waals surface area contributed by atoms with Crippen molar-refractivity contribution in [2.45, 2.75) is 25.3 Å². The smallest absolute Gasteiger partial charge is 0.255 e. The number of nitrogens with one attached hydrogen (secondary N) is 2. The Bertz CT molecular complexity index is 693. The molecule has 1 aromatic heterocycles. The van der Waals surface area contributed by atoms with Gasteiger partial charge in [0.15, 0.2) is 0 Å². The van der Waals surface area contributed by atoms with Gasteiger partial charge in [-0.3, -0.25) is 9.89 Å². The highest BCUT2D eigenvalue weighted by atomic mass is 19.1. The standard InChI is InChI=1S/C16H17F2N3O2/c17-11-2-1-3-12(18)14(11)15-10(8-19-21-15)16(23)20-13(6-7-22)9-4-5-9/h1-3,8-9,13,22H,4-7H2,(H,19,21)(H,20,23). The summed E-state index contributed by atoms with van der Waals surface area (Å²) in [5.41, 5.74) is -0.213. The number of carbonyl (C=O) groups excluding carboxylic acids is 1. The Labute approximate surface area is 131 Å². The number of amides is 1. The lowest BCUT2D eigenvalue weighted by atomic mass is 10.0. The summed E-state index contributed by atoms with van der Waals surface area (Å²) in [6.07, 6.45) is 3.72. The fourth-order valence-corrected chi connectivity index (χ4v) is 2.70. The fraction of sp³-hybridized carbons (Fsp3) is 0.375. The summed E-state index contributed by atoms with van der Waals surface area (Å²) in [4.78, 5) is 12.4. The molecule has 3 rings (SSSR count). The van der Waals surface area contributed by atoms with Crippen LogP contribution in [0, 0.1) is 17.6 Å². The van der Waals surface area contributed by atoms with E-state index in [2.05, 4.69) is 15.5 Å². The van der Waals surface area contributed by atoms with Gasteiger partial charge in [0.05, 0.1) is 23.0 Å². The minimum Gasteiger partial charge on any atom is -0.396 e. The molecule has 1 fully saturated rings. The molecule has 1 heterocycles. The van der Waals surface area contributed by atoms with Crippen LogP contribution in [0.25, 0.3) is 11.3 Å². The number of aliphatic hydroxyl groups excluding tert-OH is 1. The van der Waals surface area contributed by atoms with Crippen LogP contribution in [0.1, 0.15) is 29.6 Å². The maximum atomic E-state index is 13.9. The Morgan fingerprint density at radius 1 is 1.39 bits per heavy atom. The summed E-state index contributed by atoms with van der Waals surface area (Å²) in [6.45, 7) is -0.0262. The highest BCUT2D eigenvalue weighted by Gasteiger charge is 2.32. The van der Waals surface area contributed by atoms with Gasteiger partial charge >= 0.3 is 0 Å². The number of aromatic amines is 1. The molecule has 0 bridgehead atoms. The molecule has 1 aliphatic rings. The van der Waals surface area contributed by atoms with Crippen molar-refractivity contribution in [2.75, 3.05) is 6.61 Å². The summed E-state index contributed by atoms with van der Waals surface area (Å²) >= 11 is 0. The highest BCUT2D eigenvalue weighted by Crippen LogP contribution is 2.34. The molecule has 1 unspecified atom stereocenters. The maximum absolute atomic E-state index is 13.9. The fourth-order valence-electron chi connectivity index (χ4n) is 2.70. The number of aromatic nitrogens is 2. The number of nitrogens with zero attached hydrogens (tertiary/aromatic N) is 1. The van der Waals surface area contributed by atoms with Crippen molar-refractivity contribution in [2.24, 2.45) is 5.92 Å². The van der Waals surface area contributed by atoms with Gasteiger partial charge in [-0.05, 0) is 37.3 Å². The van der Waals surface area contributed by atoms with Crippen molar-refractivity contribution in [1.82, 2.24) is 15.5 Å². The molecule has 122 valence electrons. The van der Waals surface area contributed by atoms with Crippen LogP contribution < -0.4 is 5.32 Å². The van der Waals surface area contributed by atoms with Crippen LogP contribution in [0.3, 0.4) is 0 Å². The number of H-pyrrole nitrogens is 1. The highest BCUT2D eigenvalue weighted by molar-refractivity contribution is 6.00. The Balaban J connectivity index is 1.87. The van der Waals surface area contributed by atoms with Gasteiger partial charge in [0.25, 0.3) is 5.91 Å². The van der Waals surface area contributed by atoms with Gasteiger partial charge in [0.2, 0.25) is 0 Å². The van der Waals surface area contributed by atoms with E-state index in [-0.39, 0.29) is 29.5 Å². The lowest BCUT2D eigenvalue weighted by Crippen LogP contribution is -2.37. The Morgan fingerprint density at radius 3 is 2.70 bits per heavy atom. The number of aliphatic hydroxyl groups is 1. The molecule has 1 saturated carbocycles. The Kier molecular flexibility index (Phi) is 4.38. The molecule has 23 heavy (non-hydrogen) atoms. The molecule has 0 saturated heterocycles.